The summed E-state index contributed by atoms with van der Waals surface area (Å²) in [6, 6.07) is 10.3. The van der Waals surface area contributed by atoms with Crippen molar-refractivity contribution in [1.29, 1.82) is 0 Å². The van der Waals surface area contributed by atoms with Gasteiger partial charge in [0.05, 0.1) is 5.39 Å². The van der Waals surface area contributed by atoms with E-state index in [9.17, 15) is 0 Å². The average molecular weight is 255 g/mol. The molecule has 0 aliphatic carbocycles. The molecule has 1 N–H and O–H groups in total. The van der Waals surface area contributed by atoms with Gasteiger partial charge in [0.2, 0.25) is 0 Å². The summed E-state index contributed by atoms with van der Waals surface area (Å²) >= 11 is 1.64. The Morgan fingerprint density at radius 2 is 1.83 bits per heavy atom. The fraction of sp³-hybridized carbons (Fsp3) is 0.143. The maximum Gasteiger partial charge on any atom is 0.163 e. The number of fused-ring (bicyclic) bond motifs is 1. The molecule has 0 saturated heterocycles. The molecule has 2 aromatic heterocycles. The maximum absolute atomic E-state index is 4.61. The van der Waals surface area contributed by atoms with E-state index >= 15 is 0 Å². The molecule has 3 nitrogen and oxygen atoms in total. The highest BCUT2D eigenvalue weighted by Gasteiger charge is 2.08. The smallest absolute Gasteiger partial charge is 0.163 e. The summed E-state index contributed by atoms with van der Waals surface area (Å²) in [4.78, 5) is 10.2. The lowest BCUT2D eigenvalue weighted by Crippen LogP contribution is -1.97. The van der Waals surface area contributed by atoms with Crippen LogP contribution in [0.2, 0.25) is 0 Å². The number of rotatable bonds is 2. The van der Waals surface area contributed by atoms with Crippen LogP contribution >= 0.6 is 11.3 Å². The van der Waals surface area contributed by atoms with E-state index in [-0.39, 0.29) is 0 Å². The molecular formula is C14H13N3S. The minimum Gasteiger partial charge on any atom is -0.372 e. The zero-order chi connectivity index (χ0) is 12.5. The third-order valence-corrected chi connectivity index (χ3v) is 3.68. The zero-order valence-corrected chi connectivity index (χ0v) is 11.1. The van der Waals surface area contributed by atoms with Gasteiger partial charge in [-0.25, -0.2) is 9.97 Å². The number of thiophene rings is 1. The van der Waals surface area contributed by atoms with E-state index in [2.05, 4.69) is 46.5 Å². The quantitative estimate of drug-likeness (QED) is 0.758. The number of benzene rings is 1. The van der Waals surface area contributed by atoms with Gasteiger partial charge >= 0.3 is 0 Å². The van der Waals surface area contributed by atoms with Crippen molar-refractivity contribution < 1.29 is 0 Å². The standard InChI is InChI=1S/C14H13N3S/c1-9-3-5-10(6-4-9)12-16-13(15-2)11-7-8-18-14(11)17-12/h3-8H,1-2H3,(H,15,16,17). The van der Waals surface area contributed by atoms with Crippen LogP contribution in [-0.2, 0) is 0 Å². The molecule has 0 spiro atoms. The fourth-order valence-electron chi connectivity index (χ4n) is 1.88. The SMILES string of the molecule is CNc1nc(-c2ccc(C)cc2)nc2sccc12. The second-order valence-electron chi connectivity index (χ2n) is 4.15. The van der Waals surface area contributed by atoms with Crippen LogP contribution < -0.4 is 5.32 Å². The lowest BCUT2D eigenvalue weighted by molar-refractivity contribution is 1.22. The minimum atomic E-state index is 0.773. The third-order valence-electron chi connectivity index (χ3n) is 2.87. The van der Waals surface area contributed by atoms with Crippen LogP contribution in [0.3, 0.4) is 0 Å². The molecular weight excluding hydrogens is 242 g/mol. The first-order chi connectivity index (χ1) is 8.78. The van der Waals surface area contributed by atoms with Gasteiger partial charge in [-0.05, 0) is 18.4 Å². The Balaban J connectivity index is 2.19. The summed E-state index contributed by atoms with van der Waals surface area (Å²) < 4.78 is 0. The Hall–Kier alpha value is -1.94. The van der Waals surface area contributed by atoms with Crippen LogP contribution in [0.1, 0.15) is 5.56 Å². The van der Waals surface area contributed by atoms with Gasteiger partial charge in [-0.15, -0.1) is 11.3 Å². The summed E-state index contributed by atoms with van der Waals surface area (Å²) in [5.74, 6) is 1.66. The molecule has 0 bridgehead atoms. The first kappa shape index (κ1) is 11.2. The van der Waals surface area contributed by atoms with E-state index < -0.39 is 0 Å². The summed E-state index contributed by atoms with van der Waals surface area (Å²) in [6.45, 7) is 2.08. The second kappa shape index (κ2) is 4.38. The van der Waals surface area contributed by atoms with Crippen molar-refractivity contribution in [3.8, 4) is 11.4 Å². The average Bonchev–Trinajstić information content (AvgIpc) is 2.86. The lowest BCUT2D eigenvalue weighted by atomic mass is 10.1. The summed E-state index contributed by atoms with van der Waals surface area (Å²) in [5.41, 5.74) is 2.29. The molecule has 3 rings (SSSR count). The monoisotopic (exact) mass is 255 g/mol. The highest BCUT2D eigenvalue weighted by atomic mass is 32.1. The van der Waals surface area contributed by atoms with Gasteiger partial charge in [0, 0.05) is 12.6 Å². The van der Waals surface area contributed by atoms with Crippen LogP contribution in [0.25, 0.3) is 21.6 Å². The molecule has 0 saturated carbocycles. The zero-order valence-electron chi connectivity index (χ0n) is 10.3. The molecule has 0 radical (unpaired) electrons. The maximum atomic E-state index is 4.61. The van der Waals surface area contributed by atoms with Gasteiger partial charge in [0.25, 0.3) is 0 Å². The first-order valence-corrected chi connectivity index (χ1v) is 6.66. The summed E-state index contributed by atoms with van der Waals surface area (Å²) in [6.07, 6.45) is 0. The van der Waals surface area contributed by atoms with Gasteiger partial charge < -0.3 is 5.32 Å². The Kier molecular flexibility index (Phi) is 2.72. The number of aromatic nitrogens is 2. The Morgan fingerprint density at radius 1 is 1.06 bits per heavy atom. The van der Waals surface area contributed by atoms with Crippen molar-refractivity contribution in [2.45, 2.75) is 6.92 Å². The van der Waals surface area contributed by atoms with Gasteiger partial charge in [-0.2, -0.15) is 0 Å². The molecule has 0 amide bonds. The van der Waals surface area contributed by atoms with Crippen LogP contribution in [-0.4, -0.2) is 17.0 Å². The highest BCUT2D eigenvalue weighted by Crippen LogP contribution is 2.28. The molecule has 2 heterocycles. The predicted molar refractivity (Wildman–Crippen MR) is 77.1 cm³/mol. The molecule has 0 aliphatic heterocycles. The molecule has 3 aromatic rings. The molecule has 0 aliphatic rings. The van der Waals surface area contributed by atoms with E-state index in [0.29, 0.717) is 0 Å². The molecule has 4 heteroatoms. The van der Waals surface area contributed by atoms with Crippen LogP contribution in [0, 0.1) is 6.92 Å². The Bertz CT molecular complexity index is 686. The van der Waals surface area contributed by atoms with Crippen molar-refractivity contribution in [3.63, 3.8) is 0 Å². The number of aryl methyl sites for hydroxylation is 1. The first-order valence-electron chi connectivity index (χ1n) is 5.78. The van der Waals surface area contributed by atoms with Crippen molar-refractivity contribution in [3.05, 3.63) is 41.3 Å². The fourth-order valence-corrected chi connectivity index (χ4v) is 2.64. The molecule has 0 fully saturated rings. The number of anilines is 1. The van der Waals surface area contributed by atoms with Crippen LogP contribution in [0.4, 0.5) is 5.82 Å². The van der Waals surface area contributed by atoms with Gasteiger partial charge in [0.15, 0.2) is 5.82 Å². The number of nitrogens with one attached hydrogen (secondary N) is 1. The molecule has 0 unspecified atom stereocenters. The van der Waals surface area contributed by atoms with Crippen molar-refractivity contribution >= 4 is 27.4 Å². The normalized spacial score (nSPS) is 10.8. The van der Waals surface area contributed by atoms with Crippen molar-refractivity contribution in [2.24, 2.45) is 0 Å². The Labute approximate surface area is 110 Å². The van der Waals surface area contributed by atoms with Gasteiger partial charge in [0.1, 0.15) is 10.6 Å². The van der Waals surface area contributed by atoms with Crippen molar-refractivity contribution in [2.75, 3.05) is 12.4 Å². The van der Waals surface area contributed by atoms with Gasteiger partial charge in [-0.1, -0.05) is 29.8 Å². The summed E-state index contributed by atoms with van der Waals surface area (Å²) in [7, 11) is 1.89. The van der Waals surface area contributed by atoms with E-state index in [4.69, 9.17) is 0 Å². The largest absolute Gasteiger partial charge is 0.372 e. The van der Waals surface area contributed by atoms with Gasteiger partial charge in [-0.3, -0.25) is 0 Å². The molecule has 0 atom stereocenters. The predicted octanol–water partition coefficient (Wildman–Crippen LogP) is 3.71. The third kappa shape index (κ3) is 1.84. The Morgan fingerprint density at radius 3 is 2.56 bits per heavy atom. The number of hydrogen-bond donors (Lipinski definition) is 1. The number of nitrogens with zero attached hydrogens (tertiary/aromatic N) is 2. The topological polar surface area (TPSA) is 37.8 Å². The molecule has 90 valence electrons. The summed E-state index contributed by atoms with van der Waals surface area (Å²) in [5, 5.41) is 6.26. The molecule has 1 aromatic carbocycles. The minimum absolute atomic E-state index is 0.773. The van der Waals surface area contributed by atoms with Crippen molar-refractivity contribution in [1.82, 2.24) is 9.97 Å². The van der Waals surface area contributed by atoms with E-state index in [1.165, 1.54) is 5.56 Å². The van der Waals surface area contributed by atoms with E-state index in [1.54, 1.807) is 11.3 Å². The molecule has 18 heavy (non-hydrogen) atoms. The van der Waals surface area contributed by atoms with E-state index in [1.807, 2.05) is 18.5 Å². The van der Waals surface area contributed by atoms with Crippen LogP contribution in [0.15, 0.2) is 35.7 Å². The lowest BCUT2D eigenvalue weighted by Gasteiger charge is -2.05. The highest BCUT2D eigenvalue weighted by molar-refractivity contribution is 7.16. The van der Waals surface area contributed by atoms with E-state index in [0.717, 1.165) is 27.4 Å². The second-order valence-corrected chi connectivity index (χ2v) is 5.05. The van der Waals surface area contributed by atoms with Crippen LogP contribution in [0.5, 0.6) is 0 Å². The number of hydrogen-bond acceptors (Lipinski definition) is 4.